The number of ketones is 1. The summed E-state index contributed by atoms with van der Waals surface area (Å²) < 4.78 is 0. The SMILES string of the molecule is N#CC(C#N)=CNc1ccc2c(c1)C(=O)CCC2. The Morgan fingerprint density at radius 2 is 2.06 bits per heavy atom. The summed E-state index contributed by atoms with van der Waals surface area (Å²) >= 11 is 0. The van der Waals surface area contributed by atoms with E-state index in [4.69, 9.17) is 10.5 Å². The van der Waals surface area contributed by atoms with Crippen molar-refractivity contribution < 1.29 is 4.79 Å². The third-order valence-corrected chi connectivity index (χ3v) is 2.88. The molecule has 0 saturated heterocycles. The molecule has 0 aromatic heterocycles. The van der Waals surface area contributed by atoms with Gasteiger partial charge in [-0.25, -0.2) is 0 Å². The fourth-order valence-electron chi connectivity index (χ4n) is 1.96. The lowest BCUT2D eigenvalue weighted by atomic mass is 9.90. The number of hydrogen-bond donors (Lipinski definition) is 1. The van der Waals surface area contributed by atoms with E-state index in [0.29, 0.717) is 12.1 Å². The Kier molecular flexibility index (Phi) is 3.41. The van der Waals surface area contributed by atoms with Crippen molar-refractivity contribution >= 4 is 11.5 Å². The molecule has 0 spiro atoms. The molecule has 1 aromatic rings. The second-order valence-corrected chi connectivity index (χ2v) is 4.07. The van der Waals surface area contributed by atoms with Gasteiger partial charge >= 0.3 is 0 Å². The number of hydrogen-bond acceptors (Lipinski definition) is 4. The molecule has 0 atom stereocenters. The van der Waals surface area contributed by atoms with Crippen LogP contribution in [-0.4, -0.2) is 5.78 Å². The first kappa shape index (κ1) is 11.9. The molecule has 0 fully saturated rings. The number of fused-ring (bicyclic) bond motifs is 1. The number of aryl methyl sites for hydroxylation is 1. The molecule has 0 bridgehead atoms. The second-order valence-electron chi connectivity index (χ2n) is 4.07. The second kappa shape index (κ2) is 5.16. The molecule has 18 heavy (non-hydrogen) atoms. The summed E-state index contributed by atoms with van der Waals surface area (Å²) in [7, 11) is 0. The molecular weight excluding hydrogens is 226 g/mol. The van der Waals surface area contributed by atoms with Gasteiger partial charge in [-0.05, 0) is 30.5 Å². The van der Waals surface area contributed by atoms with Crippen LogP contribution in [0.4, 0.5) is 5.69 Å². The monoisotopic (exact) mass is 237 g/mol. The van der Waals surface area contributed by atoms with Gasteiger partial charge in [-0.2, -0.15) is 10.5 Å². The highest BCUT2D eigenvalue weighted by atomic mass is 16.1. The predicted octanol–water partition coefficient (Wildman–Crippen LogP) is 2.55. The van der Waals surface area contributed by atoms with E-state index in [1.165, 1.54) is 6.20 Å². The maximum atomic E-state index is 11.7. The minimum absolute atomic E-state index is 0.000882. The Hall–Kier alpha value is -2.59. The largest absolute Gasteiger partial charge is 0.360 e. The van der Waals surface area contributed by atoms with Gasteiger partial charge in [0.2, 0.25) is 0 Å². The van der Waals surface area contributed by atoms with Crippen molar-refractivity contribution in [1.29, 1.82) is 10.5 Å². The normalized spacial score (nSPS) is 12.9. The highest BCUT2D eigenvalue weighted by Gasteiger charge is 2.16. The van der Waals surface area contributed by atoms with Gasteiger partial charge in [0, 0.05) is 23.9 Å². The van der Waals surface area contributed by atoms with E-state index in [0.717, 1.165) is 24.0 Å². The smallest absolute Gasteiger partial charge is 0.163 e. The minimum atomic E-state index is -0.000882. The zero-order chi connectivity index (χ0) is 13.0. The molecule has 0 aliphatic heterocycles. The lowest BCUT2D eigenvalue weighted by molar-refractivity contribution is 0.0972. The van der Waals surface area contributed by atoms with Gasteiger partial charge in [0.25, 0.3) is 0 Å². The highest BCUT2D eigenvalue weighted by molar-refractivity contribution is 5.99. The molecule has 1 N–H and O–H groups in total. The zero-order valence-corrected chi connectivity index (χ0v) is 9.73. The molecule has 88 valence electrons. The Morgan fingerprint density at radius 3 is 2.78 bits per heavy atom. The quantitative estimate of drug-likeness (QED) is 0.802. The first-order valence-corrected chi connectivity index (χ1v) is 5.67. The van der Waals surface area contributed by atoms with Gasteiger partial charge in [-0.1, -0.05) is 6.07 Å². The summed E-state index contributed by atoms with van der Waals surface area (Å²) in [6.45, 7) is 0. The maximum Gasteiger partial charge on any atom is 0.163 e. The van der Waals surface area contributed by atoms with Gasteiger partial charge < -0.3 is 5.32 Å². The lowest BCUT2D eigenvalue weighted by Gasteiger charge is -2.15. The number of nitrogens with one attached hydrogen (secondary N) is 1. The van der Waals surface area contributed by atoms with Crippen molar-refractivity contribution in [2.75, 3.05) is 5.32 Å². The molecule has 1 aliphatic carbocycles. The number of rotatable bonds is 2. The van der Waals surface area contributed by atoms with Gasteiger partial charge in [0.15, 0.2) is 5.78 Å². The van der Waals surface area contributed by atoms with Crippen molar-refractivity contribution in [1.82, 2.24) is 0 Å². The molecule has 4 heteroatoms. The number of carbonyl (C=O) groups excluding carboxylic acids is 1. The van der Waals surface area contributed by atoms with Crippen LogP contribution in [0.3, 0.4) is 0 Å². The fourth-order valence-corrected chi connectivity index (χ4v) is 1.96. The van der Waals surface area contributed by atoms with Crippen molar-refractivity contribution in [2.45, 2.75) is 19.3 Å². The zero-order valence-electron chi connectivity index (χ0n) is 9.73. The van der Waals surface area contributed by atoms with E-state index in [1.54, 1.807) is 18.2 Å². The van der Waals surface area contributed by atoms with Crippen LogP contribution in [0.2, 0.25) is 0 Å². The summed E-state index contributed by atoms with van der Waals surface area (Å²) in [4.78, 5) is 11.7. The molecule has 0 saturated carbocycles. The number of anilines is 1. The van der Waals surface area contributed by atoms with Crippen LogP contribution in [0.25, 0.3) is 0 Å². The first-order chi connectivity index (χ1) is 8.74. The van der Waals surface area contributed by atoms with Crippen LogP contribution >= 0.6 is 0 Å². The van der Waals surface area contributed by atoms with Gasteiger partial charge in [-0.3, -0.25) is 4.79 Å². The number of nitriles is 2. The van der Waals surface area contributed by atoms with E-state index in [2.05, 4.69) is 5.32 Å². The Morgan fingerprint density at radius 1 is 1.28 bits per heavy atom. The van der Waals surface area contributed by atoms with Crippen LogP contribution in [-0.2, 0) is 6.42 Å². The average Bonchev–Trinajstić information content (AvgIpc) is 2.41. The van der Waals surface area contributed by atoms with Crippen molar-refractivity contribution in [3.05, 3.63) is 41.1 Å². The van der Waals surface area contributed by atoms with Crippen LogP contribution < -0.4 is 5.32 Å². The molecule has 1 aromatic carbocycles. The maximum absolute atomic E-state index is 11.7. The number of allylic oxidation sites excluding steroid dienone is 1. The van der Waals surface area contributed by atoms with Gasteiger partial charge in [0.05, 0.1) is 0 Å². The highest BCUT2D eigenvalue weighted by Crippen LogP contribution is 2.24. The van der Waals surface area contributed by atoms with Crippen LogP contribution in [0.1, 0.15) is 28.8 Å². The first-order valence-electron chi connectivity index (χ1n) is 5.67. The minimum Gasteiger partial charge on any atom is -0.360 e. The lowest BCUT2D eigenvalue weighted by Crippen LogP contribution is -2.10. The third-order valence-electron chi connectivity index (χ3n) is 2.88. The van der Waals surface area contributed by atoms with E-state index < -0.39 is 0 Å². The summed E-state index contributed by atoms with van der Waals surface area (Å²) in [6, 6.07) is 9.07. The summed E-state index contributed by atoms with van der Waals surface area (Å²) in [5, 5.41) is 20.1. The summed E-state index contributed by atoms with van der Waals surface area (Å²) in [5.41, 5.74) is 2.53. The molecule has 0 heterocycles. The fraction of sp³-hybridized carbons (Fsp3) is 0.214. The topological polar surface area (TPSA) is 76.7 Å². The molecule has 0 unspecified atom stereocenters. The van der Waals surface area contributed by atoms with Gasteiger partial charge in [-0.15, -0.1) is 0 Å². The predicted molar refractivity (Wildman–Crippen MR) is 66.6 cm³/mol. The molecular formula is C14H11N3O. The molecule has 1 aliphatic rings. The summed E-state index contributed by atoms with van der Waals surface area (Å²) in [6.07, 6.45) is 3.77. The number of nitrogens with zero attached hydrogens (tertiary/aromatic N) is 2. The average molecular weight is 237 g/mol. The Balaban J connectivity index is 2.25. The van der Waals surface area contributed by atoms with Crippen LogP contribution in [0, 0.1) is 22.7 Å². The van der Waals surface area contributed by atoms with E-state index in [1.807, 2.05) is 12.1 Å². The Bertz CT molecular complexity index is 586. The third kappa shape index (κ3) is 2.39. The molecule has 2 rings (SSSR count). The molecule has 4 nitrogen and oxygen atoms in total. The van der Waals surface area contributed by atoms with E-state index in [9.17, 15) is 4.79 Å². The summed E-state index contributed by atoms with van der Waals surface area (Å²) in [5.74, 6) is 0.157. The molecule has 0 amide bonds. The van der Waals surface area contributed by atoms with E-state index in [-0.39, 0.29) is 11.4 Å². The van der Waals surface area contributed by atoms with Crippen LogP contribution in [0.5, 0.6) is 0 Å². The van der Waals surface area contributed by atoms with E-state index >= 15 is 0 Å². The van der Waals surface area contributed by atoms with Crippen molar-refractivity contribution in [3.63, 3.8) is 0 Å². The van der Waals surface area contributed by atoms with Crippen LogP contribution in [0.15, 0.2) is 30.0 Å². The van der Waals surface area contributed by atoms with Crippen molar-refractivity contribution in [3.8, 4) is 12.1 Å². The Labute approximate surface area is 105 Å². The number of Topliss-reactive ketones (excluding diaryl/α,β-unsaturated/α-hetero) is 1. The van der Waals surface area contributed by atoms with Crippen molar-refractivity contribution in [2.24, 2.45) is 0 Å². The number of benzene rings is 1. The van der Waals surface area contributed by atoms with Gasteiger partial charge in [0.1, 0.15) is 17.7 Å². The molecule has 0 radical (unpaired) electrons. The number of carbonyl (C=O) groups is 1. The standard InChI is InChI=1S/C14H11N3O/c15-7-10(8-16)9-17-12-5-4-11-2-1-3-14(18)13(11)6-12/h4-6,9,17H,1-3H2.